The Kier molecular flexibility index (Phi) is 7.51. The van der Waals surface area contributed by atoms with E-state index in [1.807, 2.05) is 42.5 Å². The van der Waals surface area contributed by atoms with E-state index in [1.54, 1.807) is 0 Å². The molecule has 3 aromatic rings. The summed E-state index contributed by atoms with van der Waals surface area (Å²) in [5, 5.41) is 7.46. The number of H-pyrrole nitrogens is 1. The van der Waals surface area contributed by atoms with E-state index in [4.69, 9.17) is 0 Å². The summed E-state index contributed by atoms with van der Waals surface area (Å²) in [5.41, 5.74) is 4.62. The van der Waals surface area contributed by atoms with Gasteiger partial charge in [-0.15, -0.1) is 0 Å². The molecule has 5 heteroatoms. The lowest BCUT2D eigenvalue weighted by atomic mass is 9.66. The minimum Gasteiger partial charge on any atom is -0.355 e. The first-order chi connectivity index (χ1) is 18.9. The van der Waals surface area contributed by atoms with E-state index in [2.05, 4.69) is 35.5 Å². The Morgan fingerprint density at radius 1 is 0.872 bits per heavy atom. The van der Waals surface area contributed by atoms with Crippen LogP contribution in [-0.4, -0.2) is 22.8 Å². The van der Waals surface area contributed by atoms with E-state index in [-0.39, 0.29) is 23.8 Å². The summed E-state index contributed by atoms with van der Waals surface area (Å²) in [4.78, 5) is 29.3. The second-order valence-corrected chi connectivity index (χ2v) is 12.9. The van der Waals surface area contributed by atoms with Crippen molar-refractivity contribution in [2.75, 3.05) is 5.32 Å². The average molecular weight is 526 g/mol. The standard InChI is InChI=1S/C34H43N3O2/c1-21-6-8-26(9-7-21)33(38)36-30-13-10-25(11-14-30)32-20-29-19-27(12-15-31(29)37-32)34(39)35-22(2)28-17-23-4-3-5-24(16-23)18-28/h10-15,19-24,26,28,37H,3-9,16-18H2,1-2H3,(H,35,39)(H,36,38)/t21?,22?,23-,24+,26?,28?. The molecular formula is C34H43N3O2. The zero-order valence-electron chi connectivity index (χ0n) is 23.5. The Hall–Kier alpha value is -3.08. The molecule has 3 saturated carbocycles. The molecule has 0 aliphatic heterocycles. The fourth-order valence-electron chi connectivity index (χ4n) is 7.53. The molecule has 5 nitrogen and oxygen atoms in total. The van der Waals surface area contributed by atoms with Crippen LogP contribution in [-0.2, 0) is 4.79 Å². The topological polar surface area (TPSA) is 74.0 Å². The van der Waals surface area contributed by atoms with E-state index in [9.17, 15) is 9.59 Å². The zero-order chi connectivity index (χ0) is 26.9. The maximum atomic E-state index is 13.2. The Bertz CT molecular complexity index is 1310. The van der Waals surface area contributed by atoms with E-state index in [0.717, 1.165) is 71.3 Å². The molecule has 0 spiro atoms. The van der Waals surface area contributed by atoms with Gasteiger partial charge in [0, 0.05) is 39.8 Å². The van der Waals surface area contributed by atoms with E-state index >= 15 is 0 Å². The maximum absolute atomic E-state index is 13.2. The monoisotopic (exact) mass is 525 g/mol. The molecule has 3 N–H and O–H groups in total. The summed E-state index contributed by atoms with van der Waals surface area (Å²) in [7, 11) is 0. The lowest BCUT2D eigenvalue weighted by molar-refractivity contribution is -0.121. The lowest BCUT2D eigenvalue weighted by Gasteiger charge is -2.41. The van der Waals surface area contributed by atoms with Crippen LogP contribution in [0.4, 0.5) is 5.69 Å². The van der Waals surface area contributed by atoms with Gasteiger partial charge in [-0.2, -0.15) is 0 Å². The number of aromatic nitrogens is 1. The second kappa shape index (κ2) is 11.2. The molecule has 1 aromatic heterocycles. The van der Waals surface area contributed by atoms with Crippen molar-refractivity contribution in [2.24, 2.45) is 29.6 Å². The molecule has 0 radical (unpaired) electrons. The number of carbonyl (C=O) groups is 2. The van der Waals surface area contributed by atoms with Crippen molar-refractivity contribution in [1.29, 1.82) is 0 Å². The summed E-state index contributed by atoms with van der Waals surface area (Å²) >= 11 is 0. The number of aromatic amines is 1. The van der Waals surface area contributed by atoms with Crippen LogP contribution in [0.1, 0.15) is 88.4 Å². The van der Waals surface area contributed by atoms with Crippen LogP contribution in [0.2, 0.25) is 0 Å². The summed E-state index contributed by atoms with van der Waals surface area (Å²) in [6, 6.07) is 16.3. The van der Waals surface area contributed by atoms with Crippen molar-refractivity contribution < 1.29 is 9.59 Å². The Balaban J connectivity index is 1.09. The third-order valence-electron chi connectivity index (χ3n) is 9.96. The molecule has 0 saturated heterocycles. The van der Waals surface area contributed by atoms with Crippen LogP contribution >= 0.6 is 0 Å². The molecule has 4 atom stereocenters. The van der Waals surface area contributed by atoms with E-state index in [0.29, 0.717) is 11.5 Å². The second-order valence-electron chi connectivity index (χ2n) is 12.9. The van der Waals surface area contributed by atoms with Gasteiger partial charge in [-0.05, 0) is 118 Å². The van der Waals surface area contributed by atoms with Gasteiger partial charge in [-0.1, -0.05) is 38.3 Å². The third-order valence-corrected chi connectivity index (χ3v) is 9.96. The predicted molar refractivity (Wildman–Crippen MR) is 159 cm³/mol. The summed E-state index contributed by atoms with van der Waals surface area (Å²) in [5.74, 6) is 3.36. The number of hydrogen-bond donors (Lipinski definition) is 3. The first-order valence-electron chi connectivity index (χ1n) is 15.3. The first kappa shape index (κ1) is 26.2. The zero-order valence-corrected chi connectivity index (χ0v) is 23.5. The Labute approximate surface area is 232 Å². The van der Waals surface area contributed by atoms with Crippen LogP contribution in [0.15, 0.2) is 48.5 Å². The maximum Gasteiger partial charge on any atom is 0.251 e. The number of rotatable bonds is 6. The normalized spacial score (nSPS) is 27.6. The lowest BCUT2D eigenvalue weighted by Crippen LogP contribution is -2.42. The number of carbonyl (C=O) groups excluding carboxylic acids is 2. The van der Waals surface area contributed by atoms with Gasteiger partial charge in [-0.3, -0.25) is 9.59 Å². The summed E-state index contributed by atoms with van der Waals surface area (Å²) in [6.45, 7) is 4.47. The van der Waals surface area contributed by atoms with Gasteiger partial charge < -0.3 is 15.6 Å². The smallest absolute Gasteiger partial charge is 0.251 e. The van der Waals surface area contributed by atoms with Crippen LogP contribution in [0.25, 0.3) is 22.2 Å². The largest absolute Gasteiger partial charge is 0.355 e. The molecule has 206 valence electrons. The van der Waals surface area contributed by atoms with Crippen LogP contribution in [0, 0.1) is 29.6 Å². The molecule has 2 unspecified atom stereocenters. The van der Waals surface area contributed by atoms with Crippen molar-refractivity contribution in [2.45, 2.75) is 84.1 Å². The van der Waals surface area contributed by atoms with Gasteiger partial charge in [0.1, 0.15) is 0 Å². The Morgan fingerprint density at radius 2 is 1.59 bits per heavy atom. The Morgan fingerprint density at radius 3 is 2.31 bits per heavy atom. The minimum absolute atomic E-state index is 0.0235. The highest BCUT2D eigenvalue weighted by atomic mass is 16.2. The van der Waals surface area contributed by atoms with Crippen molar-refractivity contribution in [3.63, 3.8) is 0 Å². The average Bonchev–Trinajstić information content (AvgIpc) is 3.37. The molecule has 3 fully saturated rings. The number of anilines is 1. The molecule has 6 rings (SSSR count). The van der Waals surface area contributed by atoms with Gasteiger partial charge in [0.25, 0.3) is 5.91 Å². The van der Waals surface area contributed by atoms with Gasteiger partial charge in [0.2, 0.25) is 5.91 Å². The number of hydrogen-bond acceptors (Lipinski definition) is 2. The molecular weight excluding hydrogens is 482 g/mol. The third kappa shape index (κ3) is 5.92. The minimum atomic E-state index is 0.0235. The first-order valence-corrected chi connectivity index (χ1v) is 15.3. The molecule has 39 heavy (non-hydrogen) atoms. The van der Waals surface area contributed by atoms with Crippen LogP contribution < -0.4 is 10.6 Å². The van der Waals surface area contributed by atoms with E-state index < -0.39 is 0 Å². The van der Waals surface area contributed by atoms with Crippen molar-refractivity contribution in [3.8, 4) is 11.3 Å². The van der Waals surface area contributed by atoms with Crippen molar-refractivity contribution in [1.82, 2.24) is 10.3 Å². The number of amides is 2. The fourth-order valence-corrected chi connectivity index (χ4v) is 7.53. The fraction of sp³-hybridized carbons (Fsp3) is 0.529. The van der Waals surface area contributed by atoms with E-state index in [1.165, 1.54) is 38.5 Å². The highest BCUT2D eigenvalue weighted by Crippen LogP contribution is 2.43. The highest BCUT2D eigenvalue weighted by molar-refractivity contribution is 5.99. The molecule has 2 aromatic carbocycles. The predicted octanol–water partition coefficient (Wildman–Crippen LogP) is 7.93. The van der Waals surface area contributed by atoms with Crippen LogP contribution in [0.3, 0.4) is 0 Å². The highest BCUT2D eigenvalue weighted by Gasteiger charge is 2.34. The van der Waals surface area contributed by atoms with Gasteiger partial charge >= 0.3 is 0 Å². The number of nitrogens with one attached hydrogen (secondary N) is 3. The van der Waals surface area contributed by atoms with Gasteiger partial charge in [0.15, 0.2) is 0 Å². The van der Waals surface area contributed by atoms with Crippen molar-refractivity contribution in [3.05, 3.63) is 54.1 Å². The molecule has 3 aliphatic rings. The molecule has 2 bridgehead atoms. The number of fused-ring (bicyclic) bond motifs is 3. The van der Waals surface area contributed by atoms with Crippen LogP contribution in [0.5, 0.6) is 0 Å². The van der Waals surface area contributed by atoms with Gasteiger partial charge in [-0.25, -0.2) is 0 Å². The summed E-state index contributed by atoms with van der Waals surface area (Å²) in [6.07, 6.45) is 12.3. The molecule has 3 aliphatic carbocycles. The quantitative estimate of drug-likeness (QED) is 0.306. The summed E-state index contributed by atoms with van der Waals surface area (Å²) < 4.78 is 0. The van der Waals surface area contributed by atoms with Crippen molar-refractivity contribution >= 4 is 28.4 Å². The van der Waals surface area contributed by atoms with Gasteiger partial charge in [0.05, 0.1) is 0 Å². The SMILES string of the molecule is CC1CCC(C(=O)Nc2ccc(-c3cc4cc(C(=O)NC(C)C5C[C@H]6CCC[C@@H](C5)C6)ccc4[nH]3)cc2)CC1. The number of benzene rings is 2. The molecule has 2 amide bonds. The molecule has 1 heterocycles.